The van der Waals surface area contributed by atoms with E-state index in [1.54, 1.807) is 11.3 Å². The van der Waals surface area contributed by atoms with Gasteiger partial charge in [0.1, 0.15) is 0 Å². The molecular weight excluding hydrogens is 348 g/mol. The Balaban J connectivity index is 1.80. The molecule has 0 saturated heterocycles. The first-order valence-corrected chi connectivity index (χ1v) is 10.4. The zero-order chi connectivity index (χ0) is 18.4. The maximum absolute atomic E-state index is 13.2. The summed E-state index contributed by atoms with van der Waals surface area (Å²) in [4.78, 5) is 13.2. The van der Waals surface area contributed by atoms with Gasteiger partial charge in [-0.2, -0.15) is 0 Å². The Morgan fingerprint density at radius 1 is 0.741 bits per heavy atom. The third-order valence-electron chi connectivity index (χ3n) is 5.38. The molecule has 132 valence electrons. The van der Waals surface area contributed by atoms with Gasteiger partial charge in [-0.3, -0.25) is 4.79 Å². The van der Waals surface area contributed by atoms with Crippen molar-refractivity contribution >= 4 is 53.1 Å². The molecule has 27 heavy (non-hydrogen) atoms. The first kappa shape index (κ1) is 16.5. The minimum atomic E-state index is 0.159. The smallest absolute Gasteiger partial charge is 0.195 e. The molecule has 0 radical (unpaired) electrons. The summed E-state index contributed by atoms with van der Waals surface area (Å²) in [7, 11) is 0. The summed E-state index contributed by atoms with van der Waals surface area (Å²) in [6.45, 7) is 2.20. The molecule has 0 amide bonds. The number of hydrogen-bond donors (Lipinski definition) is 0. The summed E-state index contributed by atoms with van der Waals surface area (Å²) in [6.07, 6.45) is 3.37. The topological polar surface area (TPSA) is 17.1 Å². The van der Waals surface area contributed by atoms with E-state index < -0.39 is 0 Å². The summed E-state index contributed by atoms with van der Waals surface area (Å²) < 4.78 is 2.14. The Labute approximate surface area is 161 Å². The molecule has 0 aliphatic rings. The molecule has 0 N–H and O–H groups in total. The van der Waals surface area contributed by atoms with Crippen LogP contribution in [-0.4, -0.2) is 0 Å². The molecule has 5 aromatic rings. The number of rotatable bonds is 3. The number of unbranched alkanes of at least 4 members (excludes halogenated alkanes) is 1. The third-order valence-corrected chi connectivity index (χ3v) is 6.51. The summed E-state index contributed by atoms with van der Waals surface area (Å²) in [5, 5.41) is 6.47. The maximum Gasteiger partial charge on any atom is 0.195 e. The van der Waals surface area contributed by atoms with Gasteiger partial charge in [0.25, 0.3) is 0 Å². The van der Waals surface area contributed by atoms with E-state index in [0.717, 1.165) is 38.4 Å². The van der Waals surface area contributed by atoms with E-state index in [2.05, 4.69) is 73.7 Å². The first-order chi connectivity index (χ1) is 13.2. The Hall–Kier alpha value is -2.71. The number of benzene rings is 4. The number of fused-ring (bicyclic) bond motifs is 4. The van der Waals surface area contributed by atoms with Gasteiger partial charge in [-0.1, -0.05) is 43.7 Å². The van der Waals surface area contributed by atoms with E-state index >= 15 is 0 Å². The predicted octanol–water partition coefficient (Wildman–Crippen LogP) is 7.06. The lowest BCUT2D eigenvalue weighted by molar-refractivity contribution is 0.796. The van der Waals surface area contributed by atoms with E-state index in [9.17, 15) is 4.79 Å². The SMILES string of the molecule is CCCCc1ccc2sc3cc4cc5ccccc5cc4cc3c(=O)c2c1. The minimum Gasteiger partial charge on any atom is -0.289 e. The van der Waals surface area contributed by atoms with Gasteiger partial charge in [-0.05, 0) is 76.3 Å². The van der Waals surface area contributed by atoms with Crippen LogP contribution < -0.4 is 5.43 Å². The molecular formula is C25H20OS. The van der Waals surface area contributed by atoms with Gasteiger partial charge in [0, 0.05) is 20.2 Å². The van der Waals surface area contributed by atoms with Crippen molar-refractivity contribution < 1.29 is 0 Å². The molecule has 5 rings (SSSR count). The highest BCUT2D eigenvalue weighted by atomic mass is 32.1. The normalized spacial score (nSPS) is 11.7. The number of hydrogen-bond acceptors (Lipinski definition) is 2. The summed E-state index contributed by atoms with van der Waals surface area (Å²) in [5.74, 6) is 0. The van der Waals surface area contributed by atoms with Crippen LogP contribution in [0.15, 0.2) is 71.5 Å². The molecule has 1 nitrogen and oxygen atoms in total. The van der Waals surface area contributed by atoms with Crippen LogP contribution in [-0.2, 0) is 6.42 Å². The van der Waals surface area contributed by atoms with Gasteiger partial charge in [-0.25, -0.2) is 0 Å². The molecule has 0 spiro atoms. The summed E-state index contributed by atoms with van der Waals surface area (Å²) in [6, 6.07) is 23.5. The van der Waals surface area contributed by atoms with Gasteiger partial charge in [-0.15, -0.1) is 11.3 Å². The van der Waals surface area contributed by atoms with Crippen LogP contribution in [0.3, 0.4) is 0 Å². The fourth-order valence-corrected chi connectivity index (χ4v) is 4.96. The molecule has 0 atom stereocenters. The average molecular weight is 369 g/mol. The molecule has 0 aliphatic carbocycles. The van der Waals surface area contributed by atoms with Crippen molar-refractivity contribution in [2.45, 2.75) is 26.2 Å². The summed E-state index contributed by atoms with van der Waals surface area (Å²) in [5.41, 5.74) is 1.42. The van der Waals surface area contributed by atoms with Gasteiger partial charge in [0.15, 0.2) is 5.43 Å². The largest absolute Gasteiger partial charge is 0.289 e. The van der Waals surface area contributed by atoms with Crippen LogP contribution in [0, 0.1) is 0 Å². The Bertz CT molecular complexity index is 1380. The second-order valence-corrected chi connectivity index (χ2v) is 8.34. The fourth-order valence-electron chi connectivity index (χ4n) is 3.88. The van der Waals surface area contributed by atoms with Gasteiger partial charge in [0.2, 0.25) is 0 Å². The van der Waals surface area contributed by atoms with Crippen LogP contribution in [0.5, 0.6) is 0 Å². The van der Waals surface area contributed by atoms with Crippen LogP contribution in [0.25, 0.3) is 41.7 Å². The second-order valence-electron chi connectivity index (χ2n) is 7.26. The van der Waals surface area contributed by atoms with E-state index in [1.165, 1.54) is 28.1 Å². The Kier molecular flexibility index (Phi) is 3.95. The number of aryl methyl sites for hydroxylation is 1. The summed E-state index contributed by atoms with van der Waals surface area (Å²) >= 11 is 1.72. The lowest BCUT2D eigenvalue weighted by Crippen LogP contribution is -2.02. The molecule has 1 aromatic heterocycles. The van der Waals surface area contributed by atoms with Crippen LogP contribution in [0.2, 0.25) is 0 Å². The van der Waals surface area contributed by atoms with Crippen molar-refractivity contribution in [3.63, 3.8) is 0 Å². The first-order valence-electron chi connectivity index (χ1n) is 9.55. The highest BCUT2D eigenvalue weighted by Crippen LogP contribution is 2.31. The predicted molar refractivity (Wildman–Crippen MR) is 119 cm³/mol. The molecule has 0 aliphatic heterocycles. The Morgan fingerprint density at radius 3 is 2.19 bits per heavy atom. The lowest BCUT2D eigenvalue weighted by Gasteiger charge is -2.07. The molecule has 2 heteroatoms. The molecule has 0 saturated carbocycles. The van der Waals surface area contributed by atoms with Gasteiger partial charge < -0.3 is 0 Å². The van der Waals surface area contributed by atoms with Crippen molar-refractivity contribution in [2.75, 3.05) is 0 Å². The van der Waals surface area contributed by atoms with Gasteiger partial charge in [0.05, 0.1) is 0 Å². The fraction of sp³-hybridized carbons (Fsp3) is 0.160. The highest BCUT2D eigenvalue weighted by Gasteiger charge is 2.09. The van der Waals surface area contributed by atoms with E-state index in [1.807, 2.05) is 0 Å². The lowest BCUT2D eigenvalue weighted by atomic mass is 10.0. The van der Waals surface area contributed by atoms with Gasteiger partial charge >= 0.3 is 0 Å². The Morgan fingerprint density at radius 2 is 1.44 bits per heavy atom. The molecule has 4 aromatic carbocycles. The minimum absolute atomic E-state index is 0.159. The molecule has 0 bridgehead atoms. The monoisotopic (exact) mass is 368 g/mol. The molecule has 1 heterocycles. The second kappa shape index (κ2) is 6.47. The van der Waals surface area contributed by atoms with Crippen molar-refractivity contribution in [1.29, 1.82) is 0 Å². The van der Waals surface area contributed by atoms with Crippen molar-refractivity contribution in [3.8, 4) is 0 Å². The van der Waals surface area contributed by atoms with Crippen LogP contribution in [0.4, 0.5) is 0 Å². The standard InChI is InChI=1S/C25H20OS/c1-2-3-6-16-9-10-23-21(11-16)25(26)22-14-19-12-17-7-4-5-8-18(17)13-20(19)15-24(22)27-23/h4-5,7-15H,2-3,6H2,1H3. The van der Waals surface area contributed by atoms with E-state index in [0.29, 0.717) is 0 Å². The van der Waals surface area contributed by atoms with Crippen molar-refractivity contribution in [1.82, 2.24) is 0 Å². The van der Waals surface area contributed by atoms with Crippen LogP contribution >= 0.6 is 11.3 Å². The third kappa shape index (κ3) is 2.81. The van der Waals surface area contributed by atoms with Crippen LogP contribution in [0.1, 0.15) is 25.3 Å². The zero-order valence-electron chi connectivity index (χ0n) is 15.3. The van der Waals surface area contributed by atoms with Crippen molar-refractivity contribution in [3.05, 3.63) is 82.5 Å². The zero-order valence-corrected chi connectivity index (χ0v) is 16.1. The van der Waals surface area contributed by atoms with Crippen molar-refractivity contribution in [2.24, 2.45) is 0 Å². The molecule has 0 fully saturated rings. The maximum atomic E-state index is 13.2. The van der Waals surface area contributed by atoms with E-state index in [4.69, 9.17) is 0 Å². The highest BCUT2D eigenvalue weighted by molar-refractivity contribution is 7.24. The molecule has 0 unspecified atom stereocenters. The van der Waals surface area contributed by atoms with E-state index in [-0.39, 0.29) is 5.43 Å². The quantitative estimate of drug-likeness (QED) is 0.311. The average Bonchev–Trinajstić information content (AvgIpc) is 2.70.